The maximum atomic E-state index is 12.5. The van der Waals surface area contributed by atoms with Gasteiger partial charge in [-0.15, -0.1) is 0 Å². The van der Waals surface area contributed by atoms with Gasteiger partial charge in [-0.2, -0.15) is 4.98 Å². The minimum atomic E-state index is -0.468. The third-order valence-corrected chi connectivity index (χ3v) is 5.20. The number of amides is 1. The molecule has 4 rings (SSSR count). The number of ether oxygens (including phenoxy) is 2. The Balaban J connectivity index is 1.66. The van der Waals surface area contributed by atoms with Crippen LogP contribution in [0.1, 0.15) is 34.6 Å². The van der Waals surface area contributed by atoms with E-state index in [4.69, 9.17) is 15.2 Å². The zero-order valence-corrected chi connectivity index (χ0v) is 16.7. The fraction of sp³-hybridized carbons (Fsp3) is 0.227. The monoisotopic (exact) mass is 406 g/mol. The van der Waals surface area contributed by atoms with Gasteiger partial charge in [-0.25, -0.2) is 0 Å². The van der Waals surface area contributed by atoms with Crippen LogP contribution in [-0.4, -0.2) is 23.0 Å². The predicted octanol–water partition coefficient (Wildman–Crippen LogP) is 2.72. The Hall–Kier alpha value is -3.81. The van der Waals surface area contributed by atoms with Crippen molar-refractivity contribution in [1.82, 2.24) is 9.97 Å². The van der Waals surface area contributed by atoms with E-state index in [1.54, 1.807) is 19.2 Å². The van der Waals surface area contributed by atoms with Crippen LogP contribution in [0.2, 0.25) is 0 Å². The molecule has 1 atom stereocenters. The minimum Gasteiger partial charge on any atom is -0.493 e. The van der Waals surface area contributed by atoms with Gasteiger partial charge in [0.05, 0.1) is 12.7 Å². The van der Waals surface area contributed by atoms with Gasteiger partial charge in [0.2, 0.25) is 11.9 Å². The first-order valence-electron chi connectivity index (χ1n) is 9.51. The van der Waals surface area contributed by atoms with Gasteiger partial charge >= 0.3 is 0 Å². The molecule has 8 heteroatoms. The largest absolute Gasteiger partial charge is 0.493 e. The van der Waals surface area contributed by atoms with Crippen LogP contribution in [0.4, 0.5) is 11.8 Å². The van der Waals surface area contributed by atoms with Crippen LogP contribution in [0.25, 0.3) is 0 Å². The SMILES string of the molecule is COc1cc(C2CC(=O)Nc3nc(N)[nH]c(=O)c32)ccc1OCc1ccccc1C. The molecule has 1 aromatic heterocycles. The Morgan fingerprint density at radius 2 is 1.97 bits per heavy atom. The van der Waals surface area contributed by atoms with Crippen LogP contribution in [0.5, 0.6) is 11.5 Å². The number of H-pyrrole nitrogens is 1. The van der Waals surface area contributed by atoms with E-state index in [-0.39, 0.29) is 29.7 Å². The lowest BCUT2D eigenvalue weighted by atomic mass is 9.86. The van der Waals surface area contributed by atoms with E-state index in [2.05, 4.69) is 15.3 Å². The molecule has 0 aliphatic carbocycles. The minimum absolute atomic E-state index is 0.0442. The van der Waals surface area contributed by atoms with Gasteiger partial charge in [0.1, 0.15) is 12.4 Å². The average Bonchev–Trinajstić information content (AvgIpc) is 2.72. The van der Waals surface area contributed by atoms with Crippen molar-refractivity contribution in [3.8, 4) is 11.5 Å². The third-order valence-electron chi connectivity index (χ3n) is 5.20. The Bertz CT molecular complexity index is 1170. The van der Waals surface area contributed by atoms with Crippen molar-refractivity contribution >= 4 is 17.7 Å². The summed E-state index contributed by atoms with van der Waals surface area (Å²) >= 11 is 0. The van der Waals surface area contributed by atoms with Gasteiger partial charge in [0.25, 0.3) is 5.56 Å². The van der Waals surface area contributed by atoms with Crippen molar-refractivity contribution < 1.29 is 14.3 Å². The van der Waals surface area contributed by atoms with E-state index in [0.29, 0.717) is 23.7 Å². The van der Waals surface area contributed by atoms with Crippen LogP contribution in [0, 0.1) is 6.92 Å². The molecule has 4 N–H and O–H groups in total. The van der Waals surface area contributed by atoms with Gasteiger partial charge in [-0.05, 0) is 35.7 Å². The summed E-state index contributed by atoms with van der Waals surface area (Å²) in [6, 6.07) is 13.4. The number of rotatable bonds is 5. The topological polar surface area (TPSA) is 119 Å². The van der Waals surface area contributed by atoms with E-state index in [9.17, 15) is 9.59 Å². The second-order valence-corrected chi connectivity index (χ2v) is 7.14. The quantitative estimate of drug-likeness (QED) is 0.599. The number of fused-ring (bicyclic) bond motifs is 1. The molecular weight excluding hydrogens is 384 g/mol. The molecule has 0 fully saturated rings. The summed E-state index contributed by atoms with van der Waals surface area (Å²) in [6.45, 7) is 2.43. The average molecular weight is 406 g/mol. The number of methoxy groups -OCH3 is 1. The summed E-state index contributed by atoms with van der Waals surface area (Å²) in [6.07, 6.45) is 0.119. The molecule has 1 aliphatic rings. The molecule has 1 amide bonds. The number of aryl methyl sites for hydroxylation is 1. The molecule has 0 radical (unpaired) electrons. The lowest BCUT2D eigenvalue weighted by Gasteiger charge is -2.25. The number of carbonyl (C=O) groups excluding carboxylic acids is 1. The first kappa shape index (κ1) is 19.5. The van der Waals surface area contributed by atoms with Gasteiger partial charge in [-0.3, -0.25) is 14.6 Å². The summed E-state index contributed by atoms with van der Waals surface area (Å²) in [4.78, 5) is 31.3. The summed E-state index contributed by atoms with van der Waals surface area (Å²) in [5.74, 6) is 0.546. The maximum absolute atomic E-state index is 12.5. The summed E-state index contributed by atoms with van der Waals surface area (Å²) in [7, 11) is 1.55. The Kier molecular flexibility index (Phi) is 5.14. The van der Waals surface area contributed by atoms with Crippen molar-refractivity contribution in [2.45, 2.75) is 25.9 Å². The summed E-state index contributed by atoms with van der Waals surface area (Å²) in [5, 5.41) is 2.62. The van der Waals surface area contributed by atoms with Crippen LogP contribution in [-0.2, 0) is 11.4 Å². The molecule has 30 heavy (non-hydrogen) atoms. The number of aromatic nitrogens is 2. The van der Waals surface area contributed by atoms with Gasteiger partial charge < -0.3 is 20.5 Å². The number of nitrogen functional groups attached to an aromatic ring is 1. The normalized spacial score (nSPS) is 15.3. The van der Waals surface area contributed by atoms with E-state index >= 15 is 0 Å². The lowest BCUT2D eigenvalue weighted by Crippen LogP contribution is -2.31. The van der Waals surface area contributed by atoms with E-state index in [1.807, 2.05) is 37.3 Å². The molecule has 0 saturated heterocycles. The molecule has 0 bridgehead atoms. The molecule has 2 heterocycles. The Labute approximate surface area is 173 Å². The lowest BCUT2D eigenvalue weighted by molar-refractivity contribution is -0.116. The number of hydrogen-bond donors (Lipinski definition) is 3. The molecular formula is C22H22N4O4. The number of nitrogens with two attached hydrogens (primary N) is 1. The molecule has 0 saturated carbocycles. The van der Waals surface area contributed by atoms with Crippen molar-refractivity contribution in [2.75, 3.05) is 18.2 Å². The third kappa shape index (κ3) is 3.71. The first-order valence-corrected chi connectivity index (χ1v) is 9.51. The van der Waals surface area contributed by atoms with E-state index in [0.717, 1.165) is 16.7 Å². The van der Waals surface area contributed by atoms with Crippen LogP contribution in [0.15, 0.2) is 47.3 Å². The highest BCUT2D eigenvalue weighted by molar-refractivity contribution is 5.94. The van der Waals surface area contributed by atoms with Crippen LogP contribution >= 0.6 is 0 Å². The zero-order valence-electron chi connectivity index (χ0n) is 16.7. The Morgan fingerprint density at radius 1 is 1.17 bits per heavy atom. The zero-order chi connectivity index (χ0) is 21.3. The molecule has 3 aromatic rings. The van der Waals surface area contributed by atoms with Crippen molar-refractivity contribution in [3.63, 3.8) is 0 Å². The van der Waals surface area contributed by atoms with Crippen molar-refractivity contribution in [3.05, 3.63) is 75.1 Å². The Morgan fingerprint density at radius 3 is 2.73 bits per heavy atom. The fourth-order valence-corrected chi connectivity index (χ4v) is 3.62. The van der Waals surface area contributed by atoms with Crippen LogP contribution in [0.3, 0.4) is 0 Å². The van der Waals surface area contributed by atoms with Crippen molar-refractivity contribution in [1.29, 1.82) is 0 Å². The standard InChI is InChI=1S/C22H22N4O4/c1-12-5-3-4-6-14(12)11-30-16-8-7-13(9-17(16)29-2)15-10-18(27)24-20-19(15)21(28)26-22(23)25-20/h3-9,15H,10-11H2,1-2H3,(H4,23,24,25,26,27,28). The molecule has 154 valence electrons. The second-order valence-electron chi connectivity index (χ2n) is 7.14. The second kappa shape index (κ2) is 7.90. The number of nitrogens with zero attached hydrogens (tertiary/aromatic N) is 1. The van der Waals surface area contributed by atoms with E-state index in [1.165, 1.54) is 0 Å². The maximum Gasteiger partial charge on any atom is 0.258 e. The van der Waals surface area contributed by atoms with Gasteiger partial charge in [0, 0.05) is 12.3 Å². The van der Waals surface area contributed by atoms with E-state index < -0.39 is 5.92 Å². The van der Waals surface area contributed by atoms with Gasteiger partial charge in [-0.1, -0.05) is 30.3 Å². The number of benzene rings is 2. The highest BCUT2D eigenvalue weighted by atomic mass is 16.5. The number of carbonyl (C=O) groups is 1. The highest BCUT2D eigenvalue weighted by Crippen LogP contribution is 2.38. The van der Waals surface area contributed by atoms with Gasteiger partial charge in [0.15, 0.2) is 11.5 Å². The number of hydrogen-bond acceptors (Lipinski definition) is 6. The summed E-state index contributed by atoms with van der Waals surface area (Å²) in [5.41, 5.74) is 8.59. The smallest absolute Gasteiger partial charge is 0.258 e. The predicted molar refractivity (Wildman–Crippen MR) is 113 cm³/mol. The molecule has 8 nitrogen and oxygen atoms in total. The molecule has 1 aliphatic heterocycles. The molecule has 0 spiro atoms. The molecule has 2 aromatic carbocycles. The number of nitrogens with one attached hydrogen (secondary N) is 2. The number of anilines is 2. The number of aromatic amines is 1. The summed E-state index contributed by atoms with van der Waals surface area (Å²) < 4.78 is 11.5. The van der Waals surface area contributed by atoms with Crippen molar-refractivity contribution in [2.24, 2.45) is 0 Å². The molecule has 1 unspecified atom stereocenters. The van der Waals surface area contributed by atoms with Crippen LogP contribution < -0.4 is 26.1 Å². The first-order chi connectivity index (χ1) is 14.5. The highest BCUT2D eigenvalue weighted by Gasteiger charge is 2.31. The fourth-order valence-electron chi connectivity index (χ4n) is 3.62.